The van der Waals surface area contributed by atoms with Gasteiger partial charge in [-0.05, 0) is 282 Å². The van der Waals surface area contributed by atoms with Gasteiger partial charge in [0, 0.05) is 114 Å². The van der Waals surface area contributed by atoms with Crippen LogP contribution in [-0.2, 0) is 36.0 Å². The van der Waals surface area contributed by atoms with Gasteiger partial charge in [-0.25, -0.2) is 27.7 Å². The van der Waals surface area contributed by atoms with Gasteiger partial charge < -0.3 is 51.7 Å². The molecule has 3 aliphatic heterocycles. The summed E-state index contributed by atoms with van der Waals surface area (Å²) in [6.07, 6.45) is 4.99. The molecule has 0 bridgehead atoms. The van der Waals surface area contributed by atoms with Crippen molar-refractivity contribution in [2.45, 2.75) is 199 Å². The van der Waals surface area contributed by atoms with Gasteiger partial charge in [0.2, 0.25) is 21.4 Å². The molecule has 1 unspecified atom stereocenters. The molecule has 0 aliphatic carbocycles. The van der Waals surface area contributed by atoms with Crippen molar-refractivity contribution < 1.29 is 58.5 Å². The molecule has 28 heteroatoms. The van der Waals surface area contributed by atoms with E-state index in [0.29, 0.717) is 34.7 Å². The molecule has 11 aromatic carbocycles. The highest BCUT2D eigenvalue weighted by Gasteiger charge is 2.37. The number of nitrogens with zero attached hydrogens (tertiary/aromatic N) is 8. The summed E-state index contributed by atoms with van der Waals surface area (Å²) in [6.45, 7) is 39.5. The maximum Gasteiger partial charge on any atom is 0.323 e. The van der Waals surface area contributed by atoms with Gasteiger partial charge in [-0.15, -0.1) is 23.1 Å². The fraction of sp³-hybridized carbons (Fsp3) is 0.248. The second-order valence-corrected chi connectivity index (χ2v) is 42.7. The fourth-order valence-electron chi connectivity index (χ4n) is 15.3. The smallest absolute Gasteiger partial charge is 0.323 e. The lowest BCUT2D eigenvalue weighted by Gasteiger charge is -2.24. The number of thioether (sulfide) groups is 1. The number of sulfone groups is 1. The van der Waals surface area contributed by atoms with Crippen LogP contribution in [0.15, 0.2) is 310 Å². The van der Waals surface area contributed by atoms with Crippen molar-refractivity contribution in [1.82, 2.24) is 25.1 Å². The molecule has 728 valence electrons. The van der Waals surface area contributed by atoms with Crippen LogP contribution < -0.4 is 16.0 Å². The van der Waals surface area contributed by atoms with Gasteiger partial charge in [0.05, 0.1) is 50.9 Å². The summed E-state index contributed by atoms with van der Waals surface area (Å²) in [6, 6.07) is 76.3. The van der Waals surface area contributed by atoms with Crippen LogP contribution in [0, 0.1) is 68.9 Å². The molecule has 17 rings (SSSR count). The highest BCUT2D eigenvalue weighted by atomic mass is 32.2. The van der Waals surface area contributed by atoms with Crippen LogP contribution in [0.4, 0.5) is 21.9 Å². The Balaban J connectivity index is 0.000000154. The van der Waals surface area contributed by atoms with E-state index in [-0.39, 0.29) is 80.9 Å². The third-order valence-electron chi connectivity index (χ3n) is 23.1. The topological polar surface area (TPSA) is 338 Å². The van der Waals surface area contributed by atoms with Gasteiger partial charge in [0.1, 0.15) is 45.4 Å². The number of thiophene rings is 1. The van der Waals surface area contributed by atoms with Gasteiger partial charge in [-0.3, -0.25) is 24.6 Å². The van der Waals surface area contributed by atoms with Crippen molar-refractivity contribution in [1.29, 1.82) is 0 Å². The van der Waals surface area contributed by atoms with Crippen LogP contribution in [-0.4, -0.2) is 119 Å². The predicted molar refractivity (Wildman–Crippen MR) is 570 cm³/mol. The number of aryl methyl sites for hydroxylation is 9. The van der Waals surface area contributed by atoms with Crippen LogP contribution in [0.3, 0.4) is 0 Å². The van der Waals surface area contributed by atoms with E-state index in [4.69, 9.17) is 21.9 Å². The van der Waals surface area contributed by atoms with E-state index in [9.17, 15) is 53.4 Å². The number of hydrogen-bond acceptors (Lipinski definition) is 21. The Kier molecular flexibility index (Phi) is 36.1. The zero-order valence-corrected chi connectivity index (χ0v) is 85.8. The zero-order chi connectivity index (χ0) is 102. The molecular formula is C113H119N11O12S5. The normalized spacial score (nSPS) is 13.1. The number of carboxylic acids is 1. The van der Waals surface area contributed by atoms with E-state index < -0.39 is 15.8 Å². The van der Waals surface area contributed by atoms with Gasteiger partial charge in [0.15, 0.2) is 0 Å². The number of aromatic nitrogens is 3. The van der Waals surface area contributed by atoms with Gasteiger partial charge >= 0.3 is 12.0 Å². The minimum absolute atomic E-state index is 0.0493. The van der Waals surface area contributed by atoms with E-state index in [2.05, 4.69) is 133 Å². The second-order valence-electron chi connectivity index (χ2n) is 36.6. The molecule has 10 N–H and O–H groups in total. The number of carboxylic acid groups (broad SMARTS) is 1. The van der Waals surface area contributed by atoms with Crippen LogP contribution in [0.2, 0.25) is 0 Å². The molecule has 6 heterocycles. The summed E-state index contributed by atoms with van der Waals surface area (Å²) in [5.74, 6) is 2.08. The van der Waals surface area contributed by atoms with E-state index in [1.165, 1.54) is 47.5 Å². The molecule has 0 fully saturated rings. The summed E-state index contributed by atoms with van der Waals surface area (Å²) >= 11 is 6.52. The number of carbonyl (C=O) groups is 3. The van der Waals surface area contributed by atoms with E-state index >= 15 is 0 Å². The Labute approximate surface area is 842 Å². The van der Waals surface area contributed by atoms with Gasteiger partial charge in [0.25, 0.3) is 0 Å². The molecule has 3 aromatic heterocycles. The number of amides is 3. The summed E-state index contributed by atoms with van der Waals surface area (Å²) in [4.78, 5) is 59.2. The number of aliphatic carboxylic acids is 1. The number of aromatic hydroxyl groups is 6. The number of benzene rings is 11. The maximum atomic E-state index is 13.3. The lowest BCUT2D eigenvalue weighted by molar-refractivity contribution is -0.137. The number of nitrogens with one attached hydrogen (secondary N) is 3. The van der Waals surface area contributed by atoms with Crippen molar-refractivity contribution in [2.75, 3.05) is 30.3 Å². The fourth-order valence-corrected chi connectivity index (χ4v) is 20.5. The van der Waals surface area contributed by atoms with E-state index in [1.54, 1.807) is 89.7 Å². The SMILES string of the molecule is Cc1cc(O)ccc1Sc1ccc(O)cc1C.Cc1cc(S(=O)(=O)c2ccc(O)c(C)c2)ccc1O.Cc1cc(Sc2cc(C)c(O)c(C(C)(C)C)c2)cc(C(C)(C)C)c1O.Cc1ccc(-c2nn(-c3ccccc3)cc2C2CC(c3cccs3)=NN2C(=O)CCCC(=O)O)cc1.O=C(Nc1cccc(C2=NCCC2)c1)Nc1cccc(C2=NCCN2)c1.[C-]#[N+]c1ccc(C)nc1SCc1ccc(C)cc1. The summed E-state index contributed by atoms with van der Waals surface area (Å²) in [5, 5.41) is 90.5. The number of hydrazone groups is 1. The summed E-state index contributed by atoms with van der Waals surface area (Å²) in [5.41, 5.74) is 20.9. The molecule has 23 nitrogen and oxygen atoms in total. The zero-order valence-electron chi connectivity index (χ0n) is 81.8. The molecule has 3 amide bonds. The quantitative estimate of drug-likeness (QED) is 0.0236. The number of carbonyl (C=O) groups excluding carboxylic acids is 2. The number of rotatable bonds is 21. The Bertz CT molecular complexity index is 6840. The monoisotopic (exact) mass is 1980 g/mol. The lowest BCUT2D eigenvalue weighted by Crippen LogP contribution is -2.27. The maximum absolute atomic E-state index is 13.3. The minimum atomic E-state index is -3.64. The second kappa shape index (κ2) is 48.1. The largest absolute Gasteiger partial charge is 0.508 e. The average Bonchev–Trinajstić information content (AvgIpc) is 1.63. The van der Waals surface area contributed by atoms with Crippen molar-refractivity contribution in [3.8, 4) is 51.4 Å². The van der Waals surface area contributed by atoms with Gasteiger partial charge in [-0.2, -0.15) is 10.2 Å². The number of amidine groups is 1. The van der Waals surface area contributed by atoms with Crippen molar-refractivity contribution in [2.24, 2.45) is 15.1 Å². The Hall–Kier alpha value is -14.2. The van der Waals surface area contributed by atoms with E-state index in [0.717, 1.165) is 175 Å². The third-order valence-corrected chi connectivity index (χ3v) is 29.1. The molecular weight excluding hydrogens is 1860 g/mol. The highest BCUT2D eigenvalue weighted by Crippen LogP contribution is 2.45. The molecule has 141 heavy (non-hydrogen) atoms. The van der Waals surface area contributed by atoms with Crippen molar-refractivity contribution in [3.63, 3.8) is 0 Å². The molecule has 0 spiro atoms. The van der Waals surface area contributed by atoms with Crippen molar-refractivity contribution in [3.05, 3.63) is 360 Å². The van der Waals surface area contributed by atoms with E-state index in [1.807, 2.05) is 197 Å². The number of phenols is 6. The number of urea groups is 1. The molecule has 14 aromatic rings. The van der Waals surface area contributed by atoms with Crippen LogP contribution >= 0.6 is 46.6 Å². The number of hydrogen-bond donors (Lipinski definition) is 10. The van der Waals surface area contributed by atoms with Crippen molar-refractivity contribution >= 4 is 109 Å². The Morgan fingerprint density at radius 3 is 1.63 bits per heavy atom. The number of anilines is 2. The lowest BCUT2D eigenvalue weighted by atomic mass is 9.85. The third kappa shape index (κ3) is 29.2. The first kappa shape index (κ1) is 106. The predicted octanol–water partition coefficient (Wildman–Crippen LogP) is 26.5. The Morgan fingerprint density at radius 2 is 1.12 bits per heavy atom. The summed E-state index contributed by atoms with van der Waals surface area (Å²) in [7, 11) is -3.64. The molecule has 0 saturated carbocycles. The molecule has 1 atom stereocenters. The number of para-hydroxylation sites is 1. The first-order chi connectivity index (χ1) is 67.1. The van der Waals surface area contributed by atoms with Gasteiger partial charge in [-0.1, -0.05) is 185 Å². The number of phenolic OH excluding ortho intramolecular Hbond substituents is 6. The first-order valence-corrected chi connectivity index (χ1v) is 51.1. The van der Waals surface area contributed by atoms with Crippen LogP contribution in [0.1, 0.15) is 175 Å². The standard InChI is InChI=1S/C28H26N4O3S.C22H30O2S.C20H21N5O.C15H14N2S.C14H14O4S.C14H14O2S/c1-19-12-14-20(15-13-19)28-22(18-31(30-28)21-7-3-2-4-8-21)24-17-23(25-9-6-16-36-25)29-32(24)26(33)10-5-11-27(34)35;1-13-9-15(11-17(19(13)23)21(3,4)5)25-16-10-14(2)20(24)18(12-16)22(6,7)8;26-20(24-16-6-1-4-14(12-16)18-8-3-9-21-18)25-17-7-2-5-15(13-17)19-22-10-11-23-19;1-11-4-7-13(8-5-11)10-18-15-14(16-3)9-6-12(2)17-15;1-9-7-11(3-5-13(9)15)19(17,18)12-4-6-14(16)10(2)8-12;1-9-7-11(15)3-5-13(9)17-14-6-4-12(16)8-10(14)2/h2-4,6-9,12-16,18,24H,5,10-11,17H2,1H3,(H,34,35);9-12,23-24H,1-8H3;1-2,4-7,12-13H,3,8-11H2,(H,22,23)(H2,24,25,26);4-9H,10H2,1-2H3;3-8,15-16H,1-2H3;3-8,15-16H,1-2H3. The number of pyridine rings is 1. The molecule has 3 aliphatic rings. The molecule has 0 radical (unpaired) electrons. The first-order valence-electron chi connectivity index (χ1n) is 46.1. The molecule has 0 saturated heterocycles. The highest BCUT2D eigenvalue weighted by molar-refractivity contribution is 7.99. The Morgan fingerprint density at radius 1 is 0.553 bits per heavy atom. The van der Waals surface area contributed by atoms with Crippen LogP contribution in [0.5, 0.6) is 34.5 Å². The number of aliphatic imine (C=N–C) groups is 2. The van der Waals surface area contributed by atoms with Crippen LogP contribution in [0.25, 0.3) is 21.8 Å². The average molecular weight is 1980 g/mol. The minimum Gasteiger partial charge on any atom is -0.508 e. The summed E-state index contributed by atoms with van der Waals surface area (Å²) < 4.78 is 26.6.